The molecule has 0 aliphatic heterocycles. The van der Waals surface area contributed by atoms with Crippen molar-refractivity contribution in [2.24, 2.45) is 0 Å². The van der Waals surface area contributed by atoms with Gasteiger partial charge in [0, 0.05) is 6.04 Å². The predicted octanol–water partition coefficient (Wildman–Crippen LogP) is 2.58. The maximum atomic E-state index is 11.3. The molecule has 0 spiro atoms. The van der Waals surface area contributed by atoms with Gasteiger partial charge in [-0.2, -0.15) is 0 Å². The van der Waals surface area contributed by atoms with Crippen LogP contribution in [0.2, 0.25) is 0 Å². The molecule has 2 atom stereocenters. The molecule has 0 fully saturated rings. The van der Waals surface area contributed by atoms with E-state index in [9.17, 15) is 4.79 Å². The minimum absolute atomic E-state index is 0.0643. The normalized spacial score (nSPS) is 14.4. The summed E-state index contributed by atoms with van der Waals surface area (Å²) in [6.07, 6.45) is 0.373. The van der Waals surface area contributed by atoms with Gasteiger partial charge in [0.1, 0.15) is 11.5 Å². The fraction of sp³-hybridized carbons (Fsp3) is 0.615. The minimum Gasteiger partial charge on any atom is -0.466 e. The van der Waals surface area contributed by atoms with Crippen molar-refractivity contribution in [3.05, 3.63) is 23.7 Å². The van der Waals surface area contributed by atoms with E-state index >= 15 is 0 Å². The quantitative estimate of drug-likeness (QED) is 0.775. The lowest BCUT2D eigenvalue weighted by Gasteiger charge is -2.17. The van der Waals surface area contributed by atoms with E-state index in [0.717, 1.165) is 11.5 Å². The van der Waals surface area contributed by atoms with Crippen molar-refractivity contribution < 1.29 is 13.9 Å². The Kier molecular flexibility index (Phi) is 5.22. The lowest BCUT2D eigenvalue weighted by atomic mass is 10.2. The molecule has 17 heavy (non-hydrogen) atoms. The summed E-state index contributed by atoms with van der Waals surface area (Å²) in [4.78, 5) is 11.3. The van der Waals surface area contributed by atoms with E-state index in [1.54, 1.807) is 0 Å². The molecular weight excluding hydrogens is 218 g/mol. The molecule has 1 rings (SSSR count). The SMILES string of the molecule is CCOC(=O)CC(C)NC(C)c1ccc(C)o1. The molecule has 0 aliphatic rings. The highest BCUT2D eigenvalue weighted by Gasteiger charge is 2.15. The molecule has 0 saturated heterocycles. The molecule has 0 bridgehead atoms. The number of rotatable bonds is 6. The second-order valence-corrected chi connectivity index (χ2v) is 4.25. The smallest absolute Gasteiger partial charge is 0.307 e. The molecule has 96 valence electrons. The van der Waals surface area contributed by atoms with Gasteiger partial charge in [0.05, 0.1) is 19.1 Å². The first-order chi connectivity index (χ1) is 8.02. The maximum absolute atomic E-state index is 11.3. The lowest BCUT2D eigenvalue weighted by Crippen LogP contribution is -2.31. The van der Waals surface area contributed by atoms with E-state index in [-0.39, 0.29) is 18.1 Å². The van der Waals surface area contributed by atoms with E-state index in [4.69, 9.17) is 9.15 Å². The maximum Gasteiger partial charge on any atom is 0.307 e. The van der Waals surface area contributed by atoms with Gasteiger partial charge in [-0.05, 0) is 39.8 Å². The molecule has 0 radical (unpaired) electrons. The van der Waals surface area contributed by atoms with E-state index in [0.29, 0.717) is 13.0 Å². The first-order valence-electron chi connectivity index (χ1n) is 6.01. The molecule has 0 aromatic carbocycles. The van der Waals surface area contributed by atoms with Crippen LogP contribution >= 0.6 is 0 Å². The molecule has 0 aliphatic carbocycles. The van der Waals surface area contributed by atoms with Gasteiger partial charge in [-0.25, -0.2) is 0 Å². The summed E-state index contributed by atoms with van der Waals surface area (Å²) in [5, 5.41) is 3.30. The molecule has 1 N–H and O–H groups in total. The monoisotopic (exact) mass is 239 g/mol. The summed E-state index contributed by atoms with van der Waals surface area (Å²) in [6.45, 7) is 8.13. The number of aryl methyl sites for hydroxylation is 1. The molecular formula is C13H21NO3. The average molecular weight is 239 g/mol. The molecule has 1 aromatic heterocycles. The number of nitrogens with one attached hydrogen (secondary N) is 1. The fourth-order valence-corrected chi connectivity index (χ4v) is 1.72. The highest BCUT2D eigenvalue weighted by molar-refractivity contribution is 5.70. The minimum atomic E-state index is -0.171. The largest absolute Gasteiger partial charge is 0.466 e. The zero-order chi connectivity index (χ0) is 12.8. The zero-order valence-electron chi connectivity index (χ0n) is 10.9. The summed E-state index contributed by atoms with van der Waals surface area (Å²) in [7, 11) is 0. The standard InChI is InChI=1S/C13H21NO3/c1-5-16-13(15)8-9(2)14-11(4)12-7-6-10(3)17-12/h6-7,9,11,14H,5,8H2,1-4H3. The van der Waals surface area contributed by atoms with Crippen molar-refractivity contribution in [2.45, 2.75) is 46.2 Å². The number of hydrogen-bond acceptors (Lipinski definition) is 4. The van der Waals surface area contributed by atoms with Crippen LogP contribution in [0.25, 0.3) is 0 Å². The van der Waals surface area contributed by atoms with Crippen molar-refractivity contribution in [1.82, 2.24) is 5.32 Å². The van der Waals surface area contributed by atoms with E-state index in [1.807, 2.05) is 39.8 Å². The van der Waals surface area contributed by atoms with Gasteiger partial charge in [-0.15, -0.1) is 0 Å². The van der Waals surface area contributed by atoms with Crippen LogP contribution in [-0.2, 0) is 9.53 Å². The average Bonchev–Trinajstić information content (AvgIpc) is 2.64. The summed E-state index contributed by atoms with van der Waals surface area (Å²) in [6, 6.07) is 4.04. The third-order valence-electron chi connectivity index (χ3n) is 2.50. The molecule has 4 nitrogen and oxygen atoms in total. The molecule has 0 saturated carbocycles. The Morgan fingerprint density at radius 3 is 2.71 bits per heavy atom. The van der Waals surface area contributed by atoms with Crippen LogP contribution in [-0.4, -0.2) is 18.6 Å². The number of carbonyl (C=O) groups excluding carboxylic acids is 1. The topological polar surface area (TPSA) is 51.5 Å². The van der Waals surface area contributed by atoms with Gasteiger partial charge in [0.15, 0.2) is 0 Å². The van der Waals surface area contributed by atoms with Gasteiger partial charge in [0.25, 0.3) is 0 Å². The highest BCUT2D eigenvalue weighted by atomic mass is 16.5. The Morgan fingerprint density at radius 2 is 2.18 bits per heavy atom. The van der Waals surface area contributed by atoms with Gasteiger partial charge < -0.3 is 14.5 Å². The molecule has 1 heterocycles. The fourth-order valence-electron chi connectivity index (χ4n) is 1.72. The second kappa shape index (κ2) is 6.45. The van der Waals surface area contributed by atoms with Crippen LogP contribution in [0.15, 0.2) is 16.5 Å². The number of esters is 1. The van der Waals surface area contributed by atoms with Gasteiger partial charge in [0.2, 0.25) is 0 Å². The van der Waals surface area contributed by atoms with Gasteiger partial charge >= 0.3 is 5.97 Å². The number of furan rings is 1. The summed E-state index contributed by atoms with van der Waals surface area (Å²) >= 11 is 0. The molecule has 0 amide bonds. The molecule has 4 heteroatoms. The summed E-state index contributed by atoms with van der Waals surface area (Å²) in [5.41, 5.74) is 0. The summed E-state index contributed by atoms with van der Waals surface area (Å²) < 4.78 is 10.4. The van der Waals surface area contributed by atoms with Crippen molar-refractivity contribution >= 4 is 5.97 Å². The Balaban J connectivity index is 2.40. The first kappa shape index (κ1) is 13.8. The van der Waals surface area contributed by atoms with Crippen molar-refractivity contribution in [1.29, 1.82) is 0 Å². The lowest BCUT2D eigenvalue weighted by molar-refractivity contribution is -0.143. The zero-order valence-corrected chi connectivity index (χ0v) is 10.9. The Bertz CT molecular complexity index is 359. The van der Waals surface area contributed by atoms with Crippen LogP contribution in [0.3, 0.4) is 0 Å². The number of carbonyl (C=O) groups is 1. The van der Waals surface area contributed by atoms with Crippen molar-refractivity contribution in [2.75, 3.05) is 6.61 Å². The van der Waals surface area contributed by atoms with E-state index in [2.05, 4.69) is 5.32 Å². The molecule has 1 aromatic rings. The Morgan fingerprint density at radius 1 is 1.47 bits per heavy atom. The van der Waals surface area contributed by atoms with Crippen LogP contribution in [0.1, 0.15) is 44.8 Å². The van der Waals surface area contributed by atoms with E-state index in [1.165, 1.54) is 0 Å². The van der Waals surface area contributed by atoms with Crippen LogP contribution in [0, 0.1) is 6.92 Å². The van der Waals surface area contributed by atoms with Crippen molar-refractivity contribution in [3.8, 4) is 0 Å². The van der Waals surface area contributed by atoms with Gasteiger partial charge in [-0.3, -0.25) is 4.79 Å². The van der Waals surface area contributed by atoms with Gasteiger partial charge in [-0.1, -0.05) is 0 Å². The summed E-state index contributed by atoms with van der Waals surface area (Å²) in [5.74, 6) is 1.61. The third-order valence-corrected chi connectivity index (χ3v) is 2.50. The van der Waals surface area contributed by atoms with Crippen LogP contribution < -0.4 is 5.32 Å². The second-order valence-electron chi connectivity index (χ2n) is 4.25. The van der Waals surface area contributed by atoms with Crippen molar-refractivity contribution in [3.63, 3.8) is 0 Å². The predicted molar refractivity (Wildman–Crippen MR) is 65.7 cm³/mol. The Labute approximate surface area is 102 Å². The van der Waals surface area contributed by atoms with Crippen LogP contribution in [0.5, 0.6) is 0 Å². The molecule has 2 unspecified atom stereocenters. The third kappa shape index (κ3) is 4.61. The van der Waals surface area contributed by atoms with Crippen LogP contribution in [0.4, 0.5) is 0 Å². The Hall–Kier alpha value is -1.29. The van der Waals surface area contributed by atoms with E-state index < -0.39 is 0 Å². The first-order valence-corrected chi connectivity index (χ1v) is 6.01. The number of ether oxygens (including phenoxy) is 1. The highest BCUT2D eigenvalue weighted by Crippen LogP contribution is 2.16. The number of hydrogen-bond donors (Lipinski definition) is 1.